The number of hydrogen-bond acceptors (Lipinski definition) is 4. The Hall–Kier alpha value is -1.34. The van der Waals surface area contributed by atoms with E-state index in [1.165, 1.54) is 9.80 Å². The summed E-state index contributed by atoms with van der Waals surface area (Å²) in [4.78, 5) is 25.8. The van der Waals surface area contributed by atoms with Crippen LogP contribution in [-0.4, -0.2) is 77.0 Å². The van der Waals surface area contributed by atoms with Gasteiger partial charge in [-0.15, -0.1) is 0 Å². The molecule has 0 radical (unpaired) electrons. The zero-order valence-corrected chi connectivity index (χ0v) is 11.6. The number of likely N-dealkylation sites (N-methyl/N-ethyl adjacent to an activating group) is 1. The van der Waals surface area contributed by atoms with E-state index in [2.05, 4.69) is 0 Å². The second kappa shape index (κ2) is 6.72. The highest BCUT2D eigenvalue weighted by Crippen LogP contribution is 2.19. The third-order valence-corrected chi connectivity index (χ3v) is 3.01. The molecule has 0 aromatic rings. The lowest BCUT2D eigenvalue weighted by Crippen LogP contribution is -2.47. The van der Waals surface area contributed by atoms with Crippen LogP contribution in [0.15, 0.2) is 0 Å². The van der Waals surface area contributed by atoms with Crippen molar-refractivity contribution in [3.63, 3.8) is 0 Å². The van der Waals surface area contributed by atoms with Gasteiger partial charge in [-0.1, -0.05) is 0 Å². The first-order chi connectivity index (χ1) is 8.82. The molecule has 0 aliphatic carbocycles. The number of aliphatic carboxylic acids is 1. The van der Waals surface area contributed by atoms with Crippen LogP contribution in [0.2, 0.25) is 0 Å². The van der Waals surface area contributed by atoms with Crippen molar-refractivity contribution >= 4 is 12.0 Å². The monoisotopic (exact) mass is 274 g/mol. The molecule has 7 heteroatoms. The smallest absolute Gasteiger partial charge is 0.326 e. The predicted molar refractivity (Wildman–Crippen MR) is 67.9 cm³/mol. The van der Waals surface area contributed by atoms with Crippen LogP contribution in [0.3, 0.4) is 0 Å². The molecule has 110 valence electrons. The van der Waals surface area contributed by atoms with E-state index in [-0.39, 0.29) is 19.1 Å². The molecule has 2 amide bonds. The Labute approximate surface area is 112 Å². The number of hydrogen-bond donors (Lipinski definition) is 2. The van der Waals surface area contributed by atoms with Gasteiger partial charge in [0.1, 0.15) is 6.04 Å². The molecule has 0 aromatic heterocycles. The summed E-state index contributed by atoms with van der Waals surface area (Å²) in [5, 5.41) is 18.5. The van der Waals surface area contributed by atoms with Crippen molar-refractivity contribution in [2.75, 3.05) is 26.7 Å². The average molecular weight is 274 g/mol. The molecule has 1 fully saturated rings. The van der Waals surface area contributed by atoms with Crippen LogP contribution in [0.25, 0.3) is 0 Å². The van der Waals surface area contributed by atoms with Crippen LogP contribution < -0.4 is 0 Å². The minimum Gasteiger partial charge on any atom is -0.480 e. The topological polar surface area (TPSA) is 90.3 Å². The maximum absolute atomic E-state index is 12.1. The lowest BCUT2D eigenvalue weighted by Gasteiger charge is -2.27. The second-order valence-electron chi connectivity index (χ2n) is 5.02. The van der Waals surface area contributed by atoms with E-state index in [4.69, 9.17) is 9.84 Å². The Balaban J connectivity index is 2.53. The highest BCUT2D eigenvalue weighted by molar-refractivity contribution is 5.83. The second-order valence-corrected chi connectivity index (χ2v) is 5.02. The molecule has 19 heavy (non-hydrogen) atoms. The molecule has 1 unspecified atom stereocenters. The molecule has 1 aliphatic heterocycles. The Morgan fingerprint density at radius 1 is 1.47 bits per heavy atom. The molecule has 1 saturated heterocycles. The van der Waals surface area contributed by atoms with Crippen molar-refractivity contribution in [3.05, 3.63) is 0 Å². The first kappa shape index (κ1) is 15.7. The van der Waals surface area contributed by atoms with E-state index >= 15 is 0 Å². The third-order valence-electron chi connectivity index (χ3n) is 3.01. The fourth-order valence-electron chi connectivity index (χ4n) is 2.00. The Morgan fingerprint density at radius 3 is 2.63 bits per heavy atom. The van der Waals surface area contributed by atoms with Crippen molar-refractivity contribution in [1.82, 2.24) is 9.80 Å². The number of carboxylic acids is 1. The van der Waals surface area contributed by atoms with Gasteiger partial charge >= 0.3 is 12.0 Å². The molecule has 1 heterocycles. The number of likely N-dealkylation sites (tertiary alicyclic amines) is 1. The van der Waals surface area contributed by atoms with Crippen LogP contribution in [0.4, 0.5) is 4.79 Å². The highest BCUT2D eigenvalue weighted by atomic mass is 16.5. The van der Waals surface area contributed by atoms with Gasteiger partial charge in [0, 0.05) is 26.6 Å². The lowest BCUT2D eigenvalue weighted by molar-refractivity contribution is -0.141. The minimum absolute atomic E-state index is 0.0607. The Morgan fingerprint density at radius 2 is 2.11 bits per heavy atom. The van der Waals surface area contributed by atoms with E-state index in [0.717, 1.165) is 0 Å². The third kappa shape index (κ3) is 4.36. The Kier molecular flexibility index (Phi) is 5.56. The summed E-state index contributed by atoms with van der Waals surface area (Å²) in [6.07, 6.45) is -0.605. The molecule has 0 saturated carbocycles. The van der Waals surface area contributed by atoms with E-state index in [0.29, 0.717) is 13.2 Å². The largest absolute Gasteiger partial charge is 0.480 e. The summed E-state index contributed by atoms with van der Waals surface area (Å²) in [6.45, 7) is 4.65. The molecule has 2 N–H and O–H groups in total. The normalized spacial score (nSPS) is 22.9. The van der Waals surface area contributed by atoms with Crippen LogP contribution in [0.5, 0.6) is 0 Å². The van der Waals surface area contributed by atoms with E-state index in [9.17, 15) is 14.7 Å². The van der Waals surface area contributed by atoms with Crippen molar-refractivity contribution in [2.24, 2.45) is 0 Å². The lowest BCUT2D eigenvalue weighted by atomic mass is 10.2. The number of carboxylic acid groups (broad SMARTS) is 1. The molecular formula is C12H22N2O5. The molecule has 1 rings (SSSR count). The number of ether oxygens (including phenoxy) is 1. The molecular weight excluding hydrogens is 252 g/mol. The van der Waals surface area contributed by atoms with Crippen molar-refractivity contribution in [1.29, 1.82) is 0 Å². The molecule has 1 aliphatic rings. The molecule has 2 atom stereocenters. The fraction of sp³-hybridized carbons (Fsp3) is 0.833. The Bertz CT molecular complexity index is 334. The number of aliphatic hydroxyl groups is 1. The summed E-state index contributed by atoms with van der Waals surface area (Å²) < 4.78 is 5.34. The first-order valence-corrected chi connectivity index (χ1v) is 6.37. The number of amides is 2. The molecule has 7 nitrogen and oxygen atoms in total. The van der Waals surface area contributed by atoms with Crippen LogP contribution >= 0.6 is 0 Å². The van der Waals surface area contributed by atoms with Crippen LogP contribution in [0, 0.1) is 0 Å². The van der Waals surface area contributed by atoms with Gasteiger partial charge in [-0.2, -0.15) is 0 Å². The van der Waals surface area contributed by atoms with Gasteiger partial charge in [0.2, 0.25) is 0 Å². The minimum atomic E-state index is -1.09. The molecule has 0 spiro atoms. The quantitative estimate of drug-likeness (QED) is 0.735. The number of carbonyl (C=O) groups is 2. The van der Waals surface area contributed by atoms with Gasteiger partial charge in [-0.3, -0.25) is 0 Å². The predicted octanol–water partition coefficient (Wildman–Crippen LogP) is -0.0170. The molecule has 0 aromatic carbocycles. The zero-order chi connectivity index (χ0) is 14.6. The number of β-amino-alcohol motifs (C(OH)–C–C–N with tert-alkyl or cyclic N) is 1. The van der Waals surface area contributed by atoms with Gasteiger partial charge in [0.05, 0.1) is 18.8 Å². The first-order valence-electron chi connectivity index (χ1n) is 6.37. The van der Waals surface area contributed by atoms with E-state index in [1.54, 1.807) is 7.05 Å². The molecule has 0 bridgehead atoms. The van der Waals surface area contributed by atoms with Crippen molar-refractivity contribution < 1.29 is 24.5 Å². The van der Waals surface area contributed by atoms with Gasteiger partial charge < -0.3 is 24.7 Å². The number of nitrogens with zero attached hydrogens (tertiary/aromatic N) is 2. The zero-order valence-electron chi connectivity index (χ0n) is 11.6. The van der Waals surface area contributed by atoms with Crippen LogP contribution in [0.1, 0.15) is 20.3 Å². The number of aliphatic hydroxyl groups excluding tert-OH is 1. The summed E-state index contributed by atoms with van der Waals surface area (Å²) in [5.41, 5.74) is 0. The standard InChI is InChI=1S/C12H22N2O5/c1-8(2)19-5-4-13(3)12(18)14-7-9(15)6-10(14)11(16)17/h8-10,15H,4-7H2,1-3H3,(H,16,17)/t9?,10-/m0/s1. The summed E-state index contributed by atoms with van der Waals surface area (Å²) in [5.74, 6) is -1.09. The number of carbonyl (C=O) groups excluding carboxylic acids is 1. The van der Waals surface area contributed by atoms with Crippen molar-refractivity contribution in [2.45, 2.75) is 38.5 Å². The van der Waals surface area contributed by atoms with E-state index < -0.39 is 24.1 Å². The SMILES string of the molecule is CC(C)OCCN(C)C(=O)N1CC(O)C[C@H]1C(=O)O. The number of urea groups is 1. The van der Waals surface area contributed by atoms with Gasteiger partial charge in [0.25, 0.3) is 0 Å². The van der Waals surface area contributed by atoms with Gasteiger partial charge in [0.15, 0.2) is 0 Å². The maximum Gasteiger partial charge on any atom is 0.326 e. The van der Waals surface area contributed by atoms with Gasteiger partial charge in [-0.05, 0) is 13.8 Å². The van der Waals surface area contributed by atoms with E-state index in [1.807, 2.05) is 13.8 Å². The summed E-state index contributed by atoms with van der Waals surface area (Å²) >= 11 is 0. The maximum atomic E-state index is 12.1. The highest BCUT2D eigenvalue weighted by Gasteiger charge is 2.39. The average Bonchev–Trinajstić information content (AvgIpc) is 2.69. The summed E-state index contributed by atoms with van der Waals surface area (Å²) in [7, 11) is 1.59. The van der Waals surface area contributed by atoms with Crippen LogP contribution in [-0.2, 0) is 9.53 Å². The summed E-state index contributed by atoms with van der Waals surface area (Å²) in [6, 6.07) is -1.34. The number of rotatable bonds is 5. The van der Waals surface area contributed by atoms with Gasteiger partial charge in [-0.25, -0.2) is 9.59 Å². The van der Waals surface area contributed by atoms with Crippen molar-refractivity contribution in [3.8, 4) is 0 Å². The fourth-order valence-corrected chi connectivity index (χ4v) is 2.00.